The van der Waals surface area contributed by atoms with Gasteiger partial charge in [-0.2, -0.15) is 17.9 Å². The number of carbonyl (C=O) groups is 8. The van der Waals surface area contributed by atoms with E-state index in [4.69, 9.17) is 11.6 Å². The predicted octanol–water partition coefficient (Wildman–Crippen LogP) is 2.35. The molecule has 21 nitrogen and oxygen atoms in total. The first kappa shape index (κ1) is 59.6. The van der Waals surface area contributed by atoms with Gasteiger partial charge in [-0.1, -0.05) is 77.8 Å². The molecule has 71 heavy (non-hydrogen) atoms. The van der Waals surface area contributed by atoms with Crippen LogP contribution in [-0.2, 0) is 53.6 Å². The molecule has 1 heterocycles. The van der Waals surface area contributed by atoms with E-state index in [0.29, 0.717) is 31.0 Å². The highest BCUT2D eigenvalue weighted by Gasteiger charge is 2.47. The number of aromatic nitrogens is 2. The molecule has 1 saturated carbocycles. The van der Waals surface area contributed by atoms with Crippen molar-refractivity contribution in [3.05, 3.63) is 47.5 Å². The molecule has 5 atom stereocenters. The Bertz CT molecular complexity index is 2490. The van der Waals surface area contributed by atoms with Crippen molar-refractivity contribution in [3.8, 4) is 0 Å². The zero-order valence-corrected chi connectivity index (χ0v) is 41.1. The second-order valence-corrected chi connectivity index (χ2v) is 21.0. The Hall–Kier alpha value is -5.74. The van der Waals surface area contributed by atoms with Crippen molar-refractivity contribution in [1.29, 1.82) is 0 Å². The molecule has 0 aliphatic heterocycles. The van der Waals surface area contributed by atoms with Crippen LogP contribution in [0.2, 0.25) is 5.02 Å². The Labute approximate surface area is 410 Å². The number of hydrogen-bond donors (Lipinski definition) is 7. The smallest absolute Gasteiger partial charge is 0.344 e. The van der Waals surface area contributed by atoms with Crippen molar-refractivity contribution in [3.63, 3.8) is 0 Å². The molecule has 7 N–H and O–H groups in total. The highest BCUT2D eigenvalue weighted by Crippen LogP contribution is 2.29. The van der Waals surface area contributed by atoms with Crippen LogP contribution in [0.1, 0.15) is 102 Å². The monoisotopic (exact) mass is 1070 g/mol. The average Bonchev–Trinajstić information content (AvgIpc) is 3.27. The first-order chi connectivity index (χ1) is 33.0. The molecule has 0 saturated heterocycles. The number of halogens is 6. The summed E-state index contributed by atoms with van der Waals surface area (Å²) in [5, 5.41) is 10.6. The normalized spacial score (nSPS) is 16.1. The molecule has 1 fully saturated rings. The van der Waals surface area contributed by atoms with Crippen LogP contribution in [0.4, 0.5) is 22.0 Å². The lowest BCUT2D eigenvalue weighted by Crippen LogP contribution is -2.71. The van der Waals surface area contributed by atoms with Gasteiger partial charge in [-0.15, -0.1) is 0 Å². The fourth-order valence-electron chi connectivity index (χ4n) is 7.44. The lowest BCUT2D eigenvalue weighted by Gasteiger charge is -2.37. The summed E-state index contributed by atoms with van der Waals surface area (Å²) in [5.41, 5.74) is -3.34. The van der Waals surface area contributed by atoms with Crippen molar-refractivity contribution in [2.45, 2.75) is 138 Å². The maximum atomic E-state index is 15.0. The summed E-state index contributed by atoms with van der Waals surface area (Å²) in [4.78, 5) is 111. The van der Waals surface area contributed by atoms with Crippen LogP contribution in [0.5, 0.6) is 0 Å². The molecule has 1 aromatic heterocycles. The van der Waals surface area contributed by atoms with E-state index in [-0.39, 0.29) is 25.0 Å². The molecular formula is C42H55ClF5N9O12S2. The van der Waals surface area contributed by atoms with Crippen LogP contribution >= 0.6 is 11.6 Å². The zero-order chi connectivity index (χ0) is 53.5. The first-order valence-electron chi connectivity index (χ1n) is 22.0. The number of hydrogen-bond acceptors (Lipinski definition) is 14. The molecule has 0 bridgehead atoms. The van der Waals surface area contributed by atoms with Crippen molar-refractivity contribution >= 4 is 79.2 Å². The fraction of sp³-hybridized carbons (Fsp3) is 0.571. The number of nitrogens with zero attached hydrogens (tertiary/aromatic N) is 2. The van der Waals surface area contributed by atoms with Crippen molar-refractivity contribution in [1.82, 2.24) is 46.0 Å². The summed E-state index contributed by atoms with van der Waals surface area (Å²) in [6.45, 7) is 5.41. The zero-order valence-electron chi connectivity index (χ0n) is 38.7. The molecule has 394 valence electrons. The van der Waals surface area contributed by atoms with E-state index in [9.17, 15) is 77.1 Å². The van der Waals surface area contributed by atoms with E-state index in [0.717, 1.165) is 31.7 Å². The standard InChI is InChI=1S/C42H55ClF5N9O12S2/c1-5-24(4)34(38(63)53-30(15-25-9-7-6-8-10-25)36(61)52-29(19-32(44)45)35(60)39(64)51-13-14-58)54-40(65)41(20-23(2)3,55-37(62)31-22-49-11-12-50-31)57-71(68,69)28-17-26(43)16-27(18-28)70(66,67)56-33(59)21-42(46,47)48/h11-12,14,16-18,22-25,29-30,32,34,57H,5-10,13,15,19-21H2,1-4H3,(H,51,64)(H,52,61)(H,53,63)(H,54,65)(H,55,62)(H,56,59). The van der Waals surface area contributed by atoms with E-state index in [1.807, 2.05) is 5.32 Å². The SMILES string of the molecule is CCC(C)C(NC(=O)C(CC(C)C)(NC(=O)c1cnccn1)NS(=O)(=O)c1cc(Cl)cc(S(=O)(=O)NC(=O)CC(F)(F)F)c1)C(=O)NC(CC1CCCCC1)C(=O)NC(CC(F)F)C(=O)C(=O)NCC=O. The van der Waals surface area contributed by atoms with Gasteiger partial charge < -0.3 is 31.4 Å². The molecule has 6 amide bonds. The van der Waals surface area contributed by atoms with Crippen LogP contribution in [0.15, 0.2) is 46.6 Å². The van der Waals surface area contributed by atoms with Crippen LogP contribution in [-0.4, -0.2) is 117 Å². The number of sulfonamides is 2. The quantitative estimate of drug-likeness (QED) is 0.0308. The number of rotatable bonds is 26. The van der Waals surface area contributed by atoms with Crippen LogP contribution in [0, 0.1) is 17.8 Å². The third-order valence-electron chi connectivity index (χ3n) is 10.9. The van der Waals surface area contributed by atoms with Gasteiger partial charge in [-0.05, 0) is 48.8 Å². The van der Waals surface area contributed by atoms with Gasteiger partial charge in [0.25, 0.3) is 27.7 Å². The lowest BCUT2D eigenvalue weighted by atomic mass is 9.84. The average molecular weight is 1070 g/mol. The van der Waals surface area contributed by atoms with Gasteiger partial charge in [0.15, 0.2) is 5.66 Å². The Kier molecular flexibility index (Phi) is 21.9. The molecule has 2 aromatic rings. The number of benzene rings is 1. The highest BCUT2D eigenvalue weighted by molar-refractivity contribution is 7.90. The number of ketones is 1. The Morgan fingerprint density at radius 1 is 0.859 bits per heavy atom. The van der Waals surface area contributed by atoms with E-state index < -0.39 is 156 Å². The van der Waals surface area contributed by atoms with Gasteiger partial charge in [-0.3, -0.25) is 38.5 Å². The third kappa shape index (κ3) is 18.4. The third-order valence-corrected chi connectivity index (χ3v) is 14.0. The summed E-state index contributed by atoms with van der Waals surface area (Å²) in [6.07, 6.45) is -5.62. The molecule has 5 unspecified atom stereocenters. The van der Waals surface area contributed by atoms with Crippen LogP contribution in [0.25, 0.3) is 0 Å². The summed E-state index contributed by atoms with van der Waals surface area (Å²) in [5.74, 6) is -11.7. The van der Waals surface area contributed by atoms with E-state index in [1.165, 1.54) is 31.7 Å². The van der Waals surface area contributed by atoms with Gasteiger partial charge in [0, 0.05) is 23.8 Å². The van der Waals surface area contributed by atoms with Gasteiger partial charge in [0.05, 0.1) is 22.5 Å². The summed E-state index contributed by atoms with van der Waals surface area (Å²) in [7, 11) is -10.6. The number of alkyl halides is 5. The summed E-state index contributed by atoms with van der Waals surface area (Å²) in [6, 6.07) is -3.75. The first-order valence-corrected chi connectivity index (χ1v) is 25.4. The molecule has 1 aliphatic rings. The summed E-state index contributed by atoms with van der Waals surface area (Å²) >= 11 is 6.10. The topological polar surface area (TPSA) is 315 Å². The maximum absolute atomic E-state index is 15.0. The largest absolute Gasteiger partial charge is 0.397 e. The summed E-state index contributed by atoms with van der Waals surface area (Å²) < 4.78 is 124. The molecule has 3 rings (SSSR count). The Morgan fingerprint density at radius 2 is 1.48 bits per heavy atom. The Balaban J connectivity index is 2.15. The lowest BCUT2D eigenvalue weighted by molar-refractivity contribution is -0.152. The highest BCUT2D eigenvalue weighted by atomic mass is 35.5. The van der Waals surface area contributed by atoms with Gasteiger partial charge in [0.2, 0.25) is 40.0 Å². The minimum Gasteiger partial charge on any atom is -0.344 e. The van der Waals surface area contributed by atoms with Crippen molar-refractivity contribution in [2.75, 3.05) is 6.54 Å². The number of amides is 6. The molecule has 29 heteroatoms. The van der Waals surface area contributed by atoms with Gasteiger partial charge >= 0.3 is 6.18 Å². The number of Topliss-reactive ketones (excluding diaryl/α,β-unsaturated/α-hetero) is 1. The minimum absolute atomic E-state index is 0.104. The van der Waals surface area contributed by atoms with Crippen molar-refractivity contribution in [2.24, 2.45) is 17.8 Å². The number of aldehydes is 1. The Morgan fingerprint density at radius 3 is 2.03 bits per heavy atom. The number of carbonyl (C=O) groups excluding carboxylic acids is 8. The molecular weight excluding hydrogens is 1020 g/mol. The minimum atomic E-state index is -5.35. The van der Waals surface area contributed by atoms with E-state index in [2.05, 4.69) is 36.0 Å². The second-order valence-electron chi connectivity index (χ2n) is 17.2. The molecule has 0 spiro atoms. The predicted molar refractivity (Wildman–Crippen MR) is 241 cm³/mol. The van der Waals surface area contributed by atoms with Gasteiger partial charge in [-0.25, -0.2) is 35.3 Å². The number of nitrogens with one attached hydrogen (secondary N) is 7. The second kappa shape index (κ2) is 26.1. The van der Waals surface area contributed by atoms with Crippen LogP contribution in [0.3, 0.4) is 0 Å². The van der Waals surface area contributed by atoms with Gasteiger partial charge in [0.1, 0.15) is 36.5 Å². The molecule has 1 aromatic carbocycles. The molecule has 0 radical (unpaired) electrons. The molecule has 1 aliphatic carbocycles. The van der Waals surface area contributed by atoms with E-state index in [1.54, 1.807) is 6.92 Å². The fourth-order valence-corrected chi connectivity index (χ4v) is 10.3. The van der Waals surface area contributed by atoms with Crippen LogP contribution < -0.4 is 36.0 Å². The van der Waals surface area contributed by atoms with Crippen molar-refractivity contribution < 1.29 is 77.1 Å². The van der Waals surface area contributed by atoms with E-state index >= 15 is 0 Å². The maximum Gasteiger partial charge on any atom is 0.397 e.